The van der Waals surface area contributed by atoms with E-state index in [0.29, 0.717) is 11.6 Å². The van der Waals surface area contributed by atoms with Crippen LogP contribution in [0.25, 0.3) is 0 Å². The lowest BCUT2D eigenvalue weighted by molar-refractivity contribution is 0.590. The second-order valence-electron chi connectivity index (χ2n) is 7.19. The summed E-state index contributed by atoms with van der Waals surface area (Å²) >= 11 is 0. The second-order valence-corrected chi connectivity index (χ2v) is 7.19. The number of piperazine rings is 1. The van der Waals surface area contributed by atoms with Crippen molar-refractivity contribution in [2.75, 3.05) is 41.3 Å². The Morgan fingerprint density at radius 2 is 1.48 bits per heavy atom. The van der Waals surface area contributed by atoms with Crippen LogP contribution in [0.2, 0.25) is 0 Å². The lowest BCUT2D eigenvalue weighted by Crippen LogP contribution is -2.47. The van der Waals surface area contributed by atoms with Crippen LogP contribution in [0.3, 0.4) is 0 Å². The first-order valence-electron chi connectivity index (χ1n) is 9.63. The first kappa shape index (κ1) is 19.1. The van der Waals surface area contributed by atoms with Crippen LogP contribution >= 0.6 is 0 Å². The summed E-state index contributed by atoms with van der Waals surface area (Å²) in [5, 5.41) is 2.76. The molecule has 4 rings (SSSR count). The third-order valence-electron chi connectivity index (χ3n) is 5.01. The van der Waals surface area contributed by atoms with Gasteiger partial charge in [0, 0.05) is 37.9 Å². The van der Waals surface area contributed by atoms with E-state index < -0.39 is 11.6 Å². The molecular weight excluding hydrogens is 372 g/mol. The summed E-state index contributed by atoms with van der Waals surface area (Å²) in [5.74, 6) is 0.352. The Morgan fingerprint density at radius 3 is 2.17 bits per heavy atom. The maximum atomic E-state index is 14.0. The van der Waals surface area contributed by atoms with Crippen molar-refractivity contribution >= 4 is 23.0 Å². The van der Waals surface area contributed by atoms with E-state index in [0.717, 1.165) is 32.0 Å². The predicted molar refractivity (Wildman–Crippen MR) is 112 cm³/mol. The summed E-state index contributed by atoms with van der Waals surface area (Å²) in [6.07, 6.45) is 0. The molecule has 2 heterocycles. The molecule has 0 amide bonds. The van der Waals surface area contributed by atoms with Crippen molar-refractivity contribution in [1.29, 1.82) is 0 Å². The minimum Gasteiger partial charge on any atom is -0.368 e. The van der Waals surface area contributed by atoms with Gasteiger partial charge in [-0.3, -0.25) is 0 Å². The van der Waals surface area contributed by atoms with Crippen LogP contribution in [0.1, 0.15) is 11.4 Å². The molecule has 0 unspecified atom stereocenters. The number of rotatable bonds is 4. The van der Waals surface area contributed by atoms with Gasteiger partial charge in [0.25, 0.3) is 0 Å². The summed E-state index contributed by atoms with van der Waals surface area (Å²) in [4.78, 5) is 13.3. The Hall–Kier alpha value is -3.22. The number of aryl methyl sites for hydroxylation is 2. The third kappa shape index (κ3) is 4.29. The molecule has 1 aromatic heterocycles. The van der Waals surface area contributed by atoms with Gasteiger partial charge >= 0.3 is 0 Å². The van der Waals surface area contributed by atoms with E-state index in [1.165, 1.54) is 29.4 Å². The second kappa shape index (κ2) is 8.03. The molecule has 1 saturated heterocycles. The van der Waals surface area contributed by atoms with E-state index in [2.05, 4.69) is 56.3 Å². The molecule has 0 bridgehead atoms. The van der Waals surface area contributed by atoms with Gasteiger partial charge in [-0.05, 0) is 43.7 Å². The van der Waals surface area contributed by atoms with Crippen molar-refractivity contribution in [3.63, 3.8) is 0 Å². The van der Waals surface area contributed by atoms with Crippen molar-refractivity contribution in [2.24, 2.45) is 0 Å². The number of aromatic nitrogens is 2. The highest BCUT2D eigenvalue weighted by Crippen LogP contribution is 2.25. The lowest BCUT2D eigenvalue weighted by atomic mass is 10.2. The van der Waals surface area contributed by atoms with Gasteiger partial charge < -0.3 is 15.1 Å². The van der Waals surface area contributed by atoms with E-state index in [-0.39, 0.29) is 5.69 Å². The highest BCUT2D eigenvalue weighted by Gasteiger charge is 2.20. The highest BCUT2D eigenvalue weighted by molar-refractivity contribution is 5.61. The third-order valence-corrected chi connectivity index (χ3v) is 5.01. The summed E-state index contributed by atoms with van der Waals surface area (Å²) in [6, 6.07) is 14.0. The molecule has 0 saturated carbocycles. The number of anilines is 4. The van der Waals surface area contributed by atoms with Crippen LogP contribution in [0.4, 0.5) is 31.8 Å². The number of para-hydroxylation sites is 1. The van der Waals surface area contributed by atoms with Crippen LogP contribution in [0, 0.1) is 25.5 Å². The van der Waals surface area contributed by atoms with Crippen molar-refractivity contribution < 1.29 is 8.78 Å². The Morgan fingerprint density at radius 1 is 0.828 bits per heavy atom. The van der Waals surface area contributed by atoms with Crippen molar-refractivity contribution in [2.45, 2.75) is 13.8 Å². The zero-order valence-electron chi connectivity index (χ0n) is 16.5. The van der Waals surface area contributed by atoms with Crippen LogP contribution in [-0.4, -0.2) is 36.1 Å². The number of halogens is 2. The normalized spacial score (nSPS) is 14.2. The molecule has 0 aliphatic carbocycles. The zero-order chi connectivity index (χ0) is 20.4. The van der Waals surface area contributed by atoms with E-state index in [4.69, 9.17) is 0 Å². The fourth-order valence-corrected chi connectivity index (χ4v) is 3.54. The van der Waals surface area contributed by atoms with E-state index in [1.54, 1.807) is 13.0 Å². The standard InChI is InChI=1S/C22H23F2N5/c1-15-5-3-6-17(13-15)28-9-11-29(12-10-28)21-14-20(25-16(2)26-21)27-22-18(23)7-4-8-19(22)24/h3-8,13-14H,9-12H2,1-2H3,(H,25,26,27). The Labute approximate surface area is 169 Å². The van der Waals surface area contributed by atoms with Gasteiger partial charge in [0.1, 0.15) is 34.8 Å². The molecule has 3 aromatic rings. The molecule has 1 aliphatic rings. The predicted octanol–water partition coefficient (Wildman–Crippen LogP) is 4.44. The highest BCUT2D eigenvalue weighted by atomic mass is 19.1. The van der Waals surface area contributed by atoms with Gasteiger partial charge in [0.05, 0.1) is 0 Å². The maximum Gasteiger partial charge on any atom is 0.149 e. The smallest absolute Gasteiger partial charge is 0.149 e. The molecule has 7 heteroatoms. The van der Waals surface area contributed by atoms with Gasteiger partial charge in [0.2, 0.25) is 0 Å². The molecule has 5 nitrogen and oxygen atoms in total. The van der Waals surface area contributed by atoms with Gasteiger partial charge in [-0.15, -0.1) is 0 Å². The molecule has 0 spiro atoms. The SMILES string of the molecule is Cc1cccc(N2CCN(c3cc(Nc4c(F)cccc4F)nc(C)n3)CC2)c1. The Balaban J connectivity index is 1.50. The average molecular weight is 395 g/mol. The van der Waals surface area contributed by atoms with E-state index >= 15 is 0 Å². The van der Waals surface area contributed by atoms with Crippen LogP contribution in [-0.2, 0) is 0 Å². The van der Waals surface area contributed by atoms with Crippen LogP contribution in [0.5, 0.6) is 0 Å². The van der Waals surface area contributed by atoms with Gasteiger partial charge in [0.15, 0.2) is 0 Å². The largest absolute Gasteiger partial charge is 0.368 e. The fourth-order valence-electron chi connectivity index (χ4n) is 3.54. The molecular formula is C22H23F2N5. The van der Waals surface area contributed by atoms with E-state index in [9.17, 15) is 8.78 Å². The molecule has 2 aromatic carbocycles. The lowest BCUT2D eigenvalue weighted by Gasteiger charge is -2.37. The first-order valence-corrected chi connectivity index (χ1v) is 9.63. The van der Waals surface area contributed by atoms with E-state index in [1.807, 2.05) is 0 Å². The maximum absolute atomic E-state index is 14.0. The van der Waals surface area contributed by atoms with Crippen LogP contribution in [0.15, 0.2) is 48.5 Å². The van der Waals surface area contributed by atoms with Crippen molar-refractivity contribution in [3.8, 4) is 0 Å². The van der Waals surface area contributed by atoms with Gasteiger partial charge in [-0.1, -0.05) is 18.2 Å². The molecule has 0 atom stereocenters. The summed E-state index contributed by atoms with van der Waals surface area (Å²) in [6.45, 7) is 7.22. The van der Waals surface area contributed by atoms with Crippen molar-refractivity contribution in [3.05, 3.63) is 71.6 Å². The first-order chi connectivity index (χ1) is 14.0. The quantitative estimate of drug-likeness (QED) is 0.708. The van der Waals surface area contributed by atoms with Crippen molar-refractivity contribution in [1.82, 2.24) is 9.97 Å². The zero-order valence-corrected chi connectivity index (χ0v) is 16.5. The minimum absolute atomic E-state index is 0.208. The number of benzene rings is 2. The fraction of sp³-hybridized carbons (Fsp3) is 0.273. The monoisotopic (exact) mass is 395 g/mol. The summed E-state index contributed by atoms with van der Waals surface area (Å²) < 4.78 is 27.9. The van der Waals surface area contributed by atoms with Crippen LogP contribution < -0.4 is 15.1 Å². The number of nitrogens with zero attached hydrogens (tertiary/aromatic N) is 4. The summed E-state index contributed by atoms with van der Waals surface area (Å²) in [7, 11) is 0. The molecule has 1 aliphatic heterocycles. The Bertz CT molecular complexity index is 996. The average Bonchev–Trinajstić information content (AvgIpc) is 2.71. The molecule has 1 N–H and O–H groups in total. The molecule has 29 heavy (non-hydrogen) atoms. The summed E-state index contributed by atoms with van der Waals surface area (Å²) in [5.41, 5.74) is 2.26. The van der Waals surface area contributed by atoms with Gasteiger partial charge in [-0.25, -0.2) is 18.7 Å². The number of hydrogen-bond acceptors (Lipinski definition) is 5. The number of hydrogen-bond donors (Lipinski definition) is 1. The Kier molecular flexibility index (Phi) is 5.29. The molecule has 0 radical (unpaired) electrons. The number of nitrogens with one attached hydrogen (secondary N) is 1. The van der Waals surface area contributed by atoms with Gasteiger partial charge in [-0.2, -0.15) is 0 Å². The molecule has 150 valence electrons. The minimum atomic E-state index is -0.658. The molecule has 1 fully saturated rings. The topological polar surface area (TPSA) is 44.3 Å².